The predicted molar refractivity (Wildman–Crippen MR) is 131 cm³/mol. The van der Waals surface area contributed by atoms with E-state index >= 15 is 0 Å². The SMILES string of the molecule is CC(C)NC(=O)c1ccc2c(=O)n(-c3ccc(F)cc3)c(SCC(=O)c3ccc(F)cc3)nc2c1. The molecule has 3 aromatic carbocycles. The number of halogens is 2. The van der Waals surface area contributed by atoms with Crippen LogP contribution in [0.15, 0.2) is 76.7 Å². The topological polar surface area (TPSA) is 81.1 Å². The highest BCUT2D eigenvalue weighted by Gasteiger charge is 2.17. The van der Waals surface area contributed by atoms with Crippen LogP contribution in [0.5, 0.6) is 0 Å². The van der Waals surface area contributed by atoms with Crippen LogP contribution >= 0.6 is 11.8 Å². The van der Waals surface area contributed by atoms with Crippen molar-refractivity contribution in [1.82, 2.24) is 14.9 Å². The first-order valence-corrected chi connectivity index (χ1v) is 11.8. The molecule has 1 N–H and O–H groups in total. The van der Waals surface area contributed by atoms with Crippen molar-refractivity contribution >= 4 is 34.4 Å². The molecule has 0 aliphatic carbocycles. The molecule has 0 spiro atoms. The van der Waals surface area contributed by atoms with E-state index < -0.39 is 17.2 Å². The lowest BCUT2D eigenvalue weighted by Crippen LogP contribution is -2.30. The molecule has 4 aromatic rings. The Morgan fingerprint density at radius 1 is 0.943 bits per heavy atom. The third-order valence-electron chi connectivity index (χ3n) is 5.10. The number of fused-ring (bicyclic) bond motifs is 1. The monoisotopic (exact) mass is 493 g/mol. The summed E-state index contributed by atoms with van der Waals surface area (Å²) in [5, 5.41) is 3.26. The molecule has 0 aliphatic rings. The summed E-state index contributed by atoms with van der Waals surface area (Å²) in [5.41, 5.74) is 0.916. The highest BCUT2D eigenvalue weighted by molar-refractivity contribution is 7.99. The molecule has 6 nitrogen and oxygen atoms in total. The van der Waals surface area contributed by atoms with Crippen LogP contribution in [0.2, 0.25) is 0 Å². The van der Waals surface area contributed by atoms with Crippen molar-refractivity contribution in [2.75, 3.05) is 5.75 Å². The van der Waals surface area contributed by atoms with E-state index in [1.165, 1.54) is 65.2 Å². The van der Waals surface area contributed by atoms with E-state index in [9.17, 15) is 23.2 Å². The zero-order valence-corrected chi connectivity index (χ0v) is 19.7. The largest absolute Gasteiger partial charge is 0.350 e. The number of amides is 1. The molecule has 0 radical (unpaired) electrons. The second-order valence-corrected chi connectivity index (χ2v) is 9.03. The van der Waals surface area contributed by atoms with Crippen molar-refractivity contribution < 1.29 is 18.4 Å². The quantitative estimate of drug-likeness (QED) is 0.228. The van der Waals surface area contributed by atoms with Gasteiger partial charge in [0, 0.05) is 17.2 Å². The number of nitrogens with zero attached hydrogens (tertiary/aromatic N) is 2. The number of hydrogen-bond donors (Lipinski definition) is 1. The lowest BCUT2D eigenvalue weighted by molar-refractivity contribution is 0.0942. The predicted octanol–water partition coefficient (Wildman–Crippen LogP) is 4.78. The van der Waals surface area contributed by atoms with Crippen molar-refractivity contribution in [3.05, 3.63) is 99.8 Å². The van der Waals surface area contributed by atoms with Crippen LogP contribution < -0.4 is 10.9 Å². The van der Waals surface area contributed by atoms with Crippen LogP contribution in [0.1, 0.15) is 34.6 Å². The van der Waals surface area contributed by atoms with E-state index in [0.29, 0.717) is 22.3 Å². The number of nitrogens with one attached hydrogen (secondary N) is 1. The van der Waals surface area contributed by atoms with Crippen LogP contribution in [0.3, 0.4) is 0 Å². The molecule has 1 amide bonds. The number of carbonyl (C=O) groups is 2. The molecule has 178 valence electrons. The van der Waals surface area contributed by atoms with Gasteiger partial charge in [0.1, 0.15) is 11.6 Å². The number of hydrogen-bond acceptors (Lipinski definition) is 5. The number of ketones is 1. The molecule has 1 heterocycles. The van der Waals surface area contributed by atoms with Gasteiger partial charge in [-0.25, -0.2) is 13.8 Å². The van der Waals surface area contributed by atoms with Crippen LogP contribution in [-0.4, -0.2) is 33.0 Å². The molecule has 35 heavy (non-hydrogen) atoms. The van der Waals surface area contributed by atoms with Gasteiger partial charge in [0.2, 0.25) is 0 Å². The third kappa shape index (κ3) is 5.46. The second-order valence-electron chi connectivity index (χ2n) is 8.09. The Morgan fingerprint density at radius 2 is 1.54 bits per heavy atom. The van der Waals surface area contributed by atoms with Crippen molar-refractivity contribution in [2.45, 2.75) is 25.0 Å². The molecule has 0 unspecified atom stereocenters. The summed E-state index contributed by atoms with van der Waals surface area (Å²) in [5.74, 6) is -1.56. The van der Waals surface area contributed by atoms with Crippen molar-refractivity contribution in [2.24, 2.45) is 0 Å². The van der Waals surface area contributed by atoms with Gasteiger partial charge in [-0.1, -0.05) is 11.8 Å². The summed E-state index contributed by atoms with van der Waals surface area (Å²) < 4.78 is 28.0. The highest BCUT2D eigenvalue weighted by Crippen LogP contribution is 2.23. The van der Waals surface area contributed by atoms with Crippen molar-refractivity contribution in [1.29, 1.82) is 0 Å². The summed E-state index contributed by atoms with van der Waals surface area (Å²) in [4.78, 5) is 43.1. The Bertz CT molecular complexity index is 1470. The van der Waals surface area contributed by atoms with E-state index in [-0.39, 0.29) is 34.0 Å². The normalized spacial score (nSPS) is 11.1. The highest BCUT2D eigenvalue weighted by atomic mass is 32.2. The van der Waals surface area contributed by atoms with Gasteiger partial charge in [0.05, 0.1) is 22.3 Å². The standard InChI is InChI=1S/C26H21F2N3O3S/c1-15(2)29-24(33)17-5-12-21-22(13-17)30-26(31(25(21)34)20-10-8-19(28)9-11-20)35-14-23(32)16-3-6-18(27)7-4-16/h3-13,15H,14H2,1-2H3,(H,29,33). The van der Waals surface area contributed by atoms with Gasteiger partial charge >= 0.3 is 0 Å². The average Bonchev–Trinajstić information content (AvgIpc) is 2.83. The number of rotatable bonds is 7. The van der Waals surface area contributed by atoms with Gasteiger partial charge < -0.3 is 5.32 Å². The van der Waals surface area contributed by atoms with E-state index in [0.717, 1.165) is 11.8 Å². The Labute approximate surface area is 204 Å². The minimum atomic E-state index is -0.461. The summed E-state index contributed by atoms with van der Waals surface area (Å²) in [6, 6.07) is 15.0. The van der Waals surface area contributed by atoms with E-state index in [4.69, 9.17) is 0 Å². The zero-order chi connectivity index (χ0) is 25.1. The van der Waals surface area contributed by atoms with Gasteiger partial charge in [-0.3, -0.25) is 19.0 Å². The lowest BCUT2D eigenvalue weighted by atomic mass is 10.1. The molecular weight excluding hydrogens is 472 g/mol. The molecular formula is C26H21F2N3O3S. The second kappa shape index (κ2) is 10.2. The molecule has 1 aromatic heterocycles. The maximum absolute atomic E-state index is 13.5. The van der Waals surface area contributed by atoms with Gasteiger partial charge in [-0.15, -0.1) is 0 Å². The van der Waals surface area contributed by atoms with Gasteiger partial charge in [-0.2, -0.15) is 0 Å². The summed E-state index contributed by atoms with van der Waals surface area (Å²) in [6.07, 6.45) is 0. The summed E-state index contributed by atoms with van der Waals surface area (Å²) in [6.45, 7) is 3.68. The first-order valence-electron chi connectivity index (χ1n) is 10.8. The van der Waals surface area contributed by atoms with Gasteiger partial charge in [0.25, 0.3) is 11.5 Å². The molecule has 0 atom stereocenters. The Morgan fingerprint density at radius 3 is 2.17 bits per heavy atom. The van der Waals surface area contributed by atoms with Crippen LogP contribution in [0.25, 0.3) is 16.6 Å². The Kier molecular flexibility index (Phi) is 7.07. The van der Waals surface area contributed by atoms with E-state index in [2.05, 4.69) is 10.3 Å². The number of Topliss-reactive ketones (excluding diaryl/α,β-unsaturated/α-hetero) is 1. The molecule has 0 saturated heterocycles. The van der Waals surface area contributed by atoms with Crippen molar-refractivity contribution in [3.8, 4) is 5.69 Å². The lowest BCUT2D eigenvalue weighted by Gasteiger charge is -2.14. The molecule has 0 saturated carbocycles. The molecule has 4 rings (SSSR count). The number of thioether (sulfide) groups is 1. The van der Waals surface area contributed by atoms with Crippen LogP contribution in [0, 0.1) is 11.6 Å². The van der Waals surface area contributed by atoms with Crippen LogP contribution in [-0.2, 0) is 0 Å². The number of benzene rings is 3. The maximum atomic E-state index is 13.5. The minimum Gasteiger partial charge on any atom is -0.350 e. The smallest absolute Gasteiger partial charge is 0.266 e. The summed E-state index contributed by atoms with van der Waals surface area (Å²) in [7, 11) is 0. The van der Waals surface area contributed by atoms with Gasteiger partial charge in [0.15, 0.2) is 10.9 Å². The zero-order valence-electron chi connectivity index (χ0n) is 18.9. The first-order chi connectivity index (χ1) is 16.7. The van der Waals surface area contributed by atoms with Crippen molar-refractivity contribution in [3.63, 3.8) is 0 Å². The maximum Gasteiger partial charge on any atom is 0.266 e. The fourth-order valence-corrected chi connectivity index (χ4v) is 4.32. The van der Waals surface area contributed by atoms with Gasteiger partial charge in [-0.05, 0) is 80.6 Å². The third-order valence-corrected chi connectivity index (χ3v) is 6.04. The van der Waals surface area contributed by atoms with E-state index in [1.54, 1.807) is 6.07 Å². The van der Waals surface area contributed by atoms with Crippen LogP contribution in [0.4, 0.5) is 8.78 Å². The minimum absolute atomic E-state index is 0.0683. The first kappa shape index (κ1) is 24.3. The number of carbonyl (C=O) groups excluding carboxylic acids is 2. The Hall–Kier alpha value is -3.85. The summed E-state index contributed by atoms with van der Waals surface area (Å²) >= 11 is 1.02. The molecule has 0 fully saturated rings. The average molecular weight is 494 g/mol. The fraction of sp³-hybridized carbons (Fsp3) is 0.154. The molecule has 0 bridgehead atoms. The number of aromatic nitrogens is 2. The fourth-order valence-electron chi connectivity index (χ4n) is 3.42. The van der Waals surface area contributed by atoms with E-state index in [1.807, 2.05) is 13.8 Å². The Balaban J connectivity index is 1.78. The molecule has 9 heteroatoms. The molecule has 0 aliphatic heterocycles.